The van der Waals surface area contributed by atoms with Crippen LogP contribution in [-0.2, 0) is 0 Å². The Hall–Kier alpha value is -2.28. The summed E-state index contributed by atoms with van der Waals surface area (Å²) < 4.78 is 0. The van der Waals surface area contributed by atoms with Crippen LogP contribution in [0.4, 0.5) is 5.13 Å². The largest absolute Gasteiger partial charge is 0.372 e. The van der Waals surface area contributed by atoms with Crippen LogP contribution in [0.3, 0.4) is 0 Å². The summed E-state index contributed by atoms with van der Waals surface area (Å²) in [6.07, 6.45) is 3.52. The second-order valence-corrected chi connectivity index (χ2v) is 7.60. The maximum absolute atomic E-state index is 10.2. The van der Waals surface area contributed by atoms with Crippen molar-refractivity contribution in [2.45, 2.75) is 32.5 Å². The van der Waals surface area contributed by atoms with Gasteiger partial charge in [-0.3, -0.25) is 4.98 Å². The van der Waals surface area contributed by atoms with Gasteiger partial charge in [-0.05, 0) is 41.7 Å². The van der Waals surface area contributed by atoms with Crippen molar-refractivity contribution in [2.75, 3.05) is 5.32 Å². The van der Waals surface area contributed by atoms with Gasteiger partial charge < -0.3 is 16.2 Å². The predicted molar refractivity (Wildman–Crippen MR) is 108 cm³/mol. The van der Waals surface area contributed by atoms with Crippen molar-refractivity contribution in [3.8, 4) is 22.4 Å². The first-order chi connectivity index (χ1) is 12.5. The molecular weight excluding hydrogens is 344 g/mol. The average Bonchev–Trinajstić information content (AvgIpc) is 3.10. The number of aliphatic hydroxyl groups is 1. The van der Waals surface area contributed by atoms with Crippen LogP contribution in [0.5, 0.6) is 0 Å². The van der Waals surface area contributed by atoms with Gasteiger partial charge in [-0.2, -0.15) is 0 Å². The van der Waals surface area contributed by atoms with E-state index in [0.717, 1.165) is 28.8 Å². The van der Waals surface area contributed by atoms with Crippen molar-refractivity contribution in [2.24, 2.45) is 11.7 Å². The molecule has 3 aromatic rings. The third-order valence-electron chi connectivity index (χ3n) is 4.10. The highest BCUT2D eigenvalue weighted by Gasteiger charge is 2.17. The number of hydrogen-bond donors (Lipinski definition) is 3. The van der Waals surface area contributed by atoms with Gasteiger partial charge in [0, 0.05) is 29.4 Å². The normalized spacial score (nSPS) is 13.6. The number of nitrogens with two attached hydrogens (primary N) is 1. The molecular formula is C20H24N4OS. The Morgan fingerprint density at radius 2 is 1.85 bits per heavy atom. The lowest BCUT2D eigenvalue weighted by Gasteiger charge is -2.21. The second-order valence-electron chi connectivity index (χ2n) is 6.74. The molecule has 0 saturated heterocycles. The Morgan fingerprint density at radius 1 is 1.12 bits per heavy atom. The van der Waals surface area contributed by atoms with Crippen molar-refractivity contribution in [1.29, 1.82) is 0 Å². The van der Waals surface area contributed by atoms with Gasteiger partial charge in [0.15, 0.2) is 5.13 Å². The van der Waals surface area contributed by atoms with Gasteiger partial charge in [-0.15, -0.1) is 11.3 Å². The highest BCUT2D eigenvalue weighted by Crippen LogP contribution is 2.29. The van der Waals surface area contributed by atoms with E-state index in [-0.39, 0.29) is 6.04 Å². The third kappa shape index (κ3) is 4.66. The number of thiazole rings is 1. The van der Waals surface area contributed by atoms with Crippen molar-refractivity contribution in [1.82, 2.24) is 9.97 Å². The molecule has 1 aromatic carbocycles. The van der Waals surface area contributed by atoms with Gasteiger partial charge in [-0.1, -0.05) is 32.0 Å². The minimum Gasteiger partial charge on any atom is -0.372 e. The van der Waals surface area contributed by atoms with E-state index in [0.29, 0.717) is 11.0 Å². The fourth-order valence-corrected chi connectivity index (χ4v) is 3.53. The monoisotopic (exact) mass is 368 g/mol. The minimum absolute atomic E-state index is 0.322. The maximum Gasteiger partial charge on any atom is 0.185 e. The van der Waals surface area contributed by atoms with Crippen molar-refractivity contribution >= 4 is 16.5 Å². The van der Waals surface area contributed by atoms with Crippen LogP contribution in [0.1, 0.15) is 20.3 Å². The van der Waals surface area contributed by atoms with Crippen LogP contribution in [0, 0.1) is 5.92 Å². The number of nitrogens with zero attached hydrogens (tertiary/aromatic N) is 2. The van der Waals surface area contributed by atoms with Crippen molar-refractivity contribution in [3.05, 3.63) is 54.2 Å². The number of benzene rings is 1. The van der Waals surface area contributed by atoms with Crippen molar-refractivity contribution in [3.63, 3.8) is 0 Å². The number of aliphatic hydroxyl groups excluding tert-OH is 1. The van der Waals surface area contributed by atoms with E-state index < -0.39 is 6.23 Å². The molecule has 2 aromatic heterocycles. The number of nitrogens with one attached hydrogen (secondary N) is 1. The Morgan fingerprint density at radius 3 is 2.58 bits per heavy atom. The Bertz CT molecular complexity index is 835. The SMILES string of the molecule is CC(C)CC(N)C(O)Nc1nc(-c2cccc(-c3ccncc3)c2)cs1. The summed E-state index contributed by atoms with van der Waals surface area (Å²) >= 11 is 1.46. The molecule has 4 N–H and O–H groups in total. The van der Waals surface area contributed by atoms with E-state index >= 15 is 0 Å². The Labute approximate surface area is 157 Å². The zero-order valence-corrected chi connectivity index (χ0v) is 15.8. The van der Waals surface area contributed by atoms with Crippen molar-refractivity contribution < 1.29 is 5.11 Å². The molecule has 0 aliphatic rings. The molecule has 26 heavy (non-hydrogen) atoms. The number of pyridine rings is 1. The van der Waals surface area contributed by atoms with Crippen LogP contribution < -0.4 is 11.1 Å². The van der Waals surface area contributed by atoms with Crippen LogP contribution in [0.15, 0.2) is 54.2 Å². The molecule has 2 heterocycles. The number of anilines is 1. The molecule has 0 fully saturated rings. The molecule has 0 aliphatic heterocycles. The predicted octanol–water partition coefficient (Wildman–Crippen LogP) is 3.98. The third-order valence-corrected chi connectivity index (χ3v) is 4.87. The molecule has 3 rings (SSSR count). The fraction of sp³-hybridized carbons (Fsp3) is 0.300. The summed E-state index contributed by atoms with van der Waals surface area (Å²) in [4.78, 5) is 8.66. The molecule has 0 aliphatic carbocycles. The molecule has 2 atom stereocenters. The zero-order valence-electron chi connectivity index (χ0n) is 15.0. The molecule has 5 nitrogen and oxygen atoms in total. The summed E-state index contributed by atoms with van der Waals surface area (Å²) in [6, 6.07) is 11.9. The molecule has 0 radical (unpaired) electrons. The smallest absolute Gasteiger partial charge is 0.185 e. The lowest BCUT2D eigenvalue weighted by atomic mass is 10.0. The summed E-state index contributed by atoms with van der Waals surface area (Å²) in [5.41, 5.74) is 10.2. The molecule has 0 saturated carbocycles. The van der Waals surface area contributed by atoms with Crippen LogP contribution in [0.2, 0.25) is 0 Å². The highest BCUT2D eigenvalue weighted by molar-refractivity contribution is 7.14. The molecule has 136 valence electrons. The van der Waals surface area contributed by atoms with Gasteiger partial charge in [0.1, 0.15) is 6.23 Å². The average molecular weight is 369 g/mol. The second kappa shape index (κ2) is 8.40. The molecule has 6 heteroatoms. The molecule has 0 bridgehead atoms. The van der Waals surface area contributed by atoms with Crippen LogP contribution in [-0.4, -0.2) is 27.3 Å². The van der Waals surface area contributed by atoms with Crippen LogP contribution in [0.25, 0.3) is 22.4 Å². The summed E-state index contributed by atoms with van der Waals surface area (Å²) in [5.74, 6) is 0.434. The van der Waals surface area contributed by atoms with Gasteiger partial charge in [0.05, 0.1) is 5.69 Å². The lowest BCUT2D eigenvalue weighted by Crippen LogP contribution is -2.41. The first-order valence-electron chi connectivity index (χ1n) is 8.69. The first kappa shape index (κ1) is 18.5. The standard InChI is InChI=1S/C20H24N4OS/c1-13(2)10-17(21)19(25)24-20-23-18(12-26-20)16-5-3-4-15(11-16)14-6-8-22-9-7-14/h3-9,11-13,17,19,25H,10,21H2,1-2H3,(H,23,24). The van der Waals surface area contributed by atoms with E-state index in [1.54, 1.807) is 12.4 Å². The fourth-order valence-electron chi connectivity index (χ4n) is 2.78. The van der Waals surface area contributed by atoms with E-state index in [4.69, 9.17) is 5.73 Å². The quantitative estimate of drug-likeness (QED) is 0.550. The molecule has 2 unspecified atom stereocenters. The topological polar surface area (TPSA) is 84.1 Å². The molecule has 0 spiro atoms. The maximum atomic E-state index is 10.2. The van der Waals surface area contributed by atoms with E-state index in [9.17, 15) is 5.11 Å². The van der Waals surface area contributed by atoms with Crippen LogP contribution >= 0.6 is 11.3 Å². The van der Waals surface area contributed by atoms with E-state index in [1.165, 1.54) is 11.3 Å². The number of rotatable bonds is 7. The van der Waals surface area contributed by atoms with Gasteiger partial charge >= 0.3 is 0 Å². The number of aromatic nitrogens is 2. The Balaban J connectivity index is 1.74. The summed E-state index contributed by atoms with van der Waals surface area (Å²) in [6.45, 7) is 4.17. The lowest BCUT2D eigenvalue weighted by molar-refractivity contribution is 0.160. The van der Waals surface area contributed by atoms with Gasteiger partial charge in [0.25, 0.3) is 0 Å². The zero-order chi connectivity index (χ0) is 18.5. The first-order valence-corrected chi connectivity index (χ1v) is 9.57. The van der Waals surface area contributed by atoms with Gasteiger partial charge in [-0.25, -0.2) is 4.98 Å². The molecule has 0 amide bonds. The van der Waals surface area contributed by atoms with E-state index in [2.05, 4.69) is 41.3 Å². The summed E-state index contributed by atoms with van der Waals surface area (Å²) in [7, 11) is 0. The number of hydrogen-bond acceptors (Lipinski definition) is 6. The minimum atomic E-state index is -0.806. The van der Waals surface area contributed by atoms with E-state index in [1.807, 2.05) is 29.6 Å². The summed E-state index contributed by atoms with van der Waals surface area (Å²) in [5, 5.41) is 15.9. The van der Waals surface area contributed by atoms with Gasteiger partial charge in [0.2, 0.25) is 0 Å². The Kier molecular flexibility index (Phi) is 5.98. The highest BCUT2D eigenvalue weighted by atomic mass is 32.1.